The second-order valence-electron chi connectivity index (χ2n) is 6.41. The number of para-hydroxylation sites is 2. The van der Waals surface area contributed by atoms with Crippen molar-refractivity contribution in [3.63, 3.8) is 0 Å². The van der Waals surface area contributed by atoms with E-state index in [4.69, 9.17) is 33.4 Å². The lowest BCUT2D eigenvalue weighted by molar-refractivity contribution is 0.0430. The van der Waals surface area contributed by atoms with Crippen LogP contribution in [0.1, 0.15) is 26.3 Å². The lowest BCUT2D eigenvalue weighted by atomic mass is 10.1. The van der Waals surface area contributed by atoms with Gasteiger partial charge < -0.3 is 25.4 Å². The van der Waals surface area contributed by atoms with Crippen molar-refractivity contribution >= 4 is 46.5 Å². The fraction of sp³-hybridized carbons (Fsp3) is 0.130. The van der Waals surface area contributed by atoms with Gasteiger partial charge in [-0.3, -0.25) is 0 Å². The first-order chi connectivity index (χ1) is 15.3. The summed E-state index contributed by atoms with van der Waals surface area (Å²) in [7, 11) is 0. The van der Waals surface area contributed by atoms with E-state index in [0.29, 0.717) is 21.4 Å². The predicted molar refractivity (Wildman–Crippen MR) is 123 cm³/mol. The molecular weight excluding hydrogens is 457 g/mol. The zero-order chi connectivity index (χ0) is 23.7. The third-order valence-electron chi connectivity index (χ3n) is 4.15. The van der Waals surface area contributed by atoms with Crippen LogP contribution in [0.2, 0.25) is 10.0 Å². The van der Waals surface area contributed by atoms with Crippen LogP contribution in [-0.2, 0) is 4.74 Å². The number of anilines is 2. The minimum absolute atomic E-state index is 0.0623. The van der Waals surface area contributed by atoms with Gasteiger partial charge in [-0.15, -0.1) is 0 Å². The number of esters is 1. The highest BCUT2D eigenvalue weighted by molar-refractivity contribution is 6.39. The zero-order valence-electron chi connectivity index (χ0n) is 17.0. The van der Waals surface area contributed by atoms with Crippen molar-refractivity contribution in [1.29, 1.82) is 0 Å². The Morgan fingerprint density at radius 1 is 0.969 bits per heavy atom. The molecule has 0 aliphatic carbocycles. The second kappa shape index (κ2) is 12.0. The van der Waals surface area contributed by atoms with Crippen LogP contribution < -0.4 is 5.32 Å². The summed E-state index contributed by atoms with van der Waals surface area (Å²) in [5, 5.41) is 30.6. The van der Waals surface area contributed by atoms with Gasteiger partial charge in [-0.1, -0.05) is 53.5 Å². The molecule has 32 heavy (non-hydrogen) atoms. The molecule has 0 aliphatic heterocycles. The second-order valence-corrected chi connectivity index (χ2v) is 7.19. The third-order valence-corrected chi connectivity index (χ3v) is 4.95. The molecule has 7 nitrogen and oxygen atoms in total. The lowest BCUT2D eigenvalue weighted by Gasteiger charge is -2.13. The van der Waals surface area contributed by atoms with Gasteiger partial charge in [0, 0.05) is 0 Å². The van der Waals surface area contributed by atoms with Crippen LogP contribution in [0.25, 0.3) is 0 Å². The molecule has 0 saturated carbocycles. The number of aliphatic hydroxyl groups is 1. The van der Waals surface area contributed by atoms with Crippen molar-refractivity contribution in [1.82, 2.24) is 0 Å². The highest BCUT2D eigenvalue weighted by Crippen LogP contribution is 2.35. The standard InChI is InChI=1S/C14H11Cl2NO2.C9H10O4/c1-8-6-7-10(15)13(12(8)16)17-11-5-3-2-4-9(11)14(18)19;10-5-6-13-9(12)7-3-1-2-4-8(7)11/h2-7,17H,1H3,(H,18,19);1-4,10-11H,5-6H2. The van der Waals surface area contributed by atoms with Crippen molar-refractivity contribution in [3.05, 3.63) is 87.4 Å². The topological polar surface area (TPSA) is 116 Å². The van der Waals surface area contributed by atoms with Gasteiger partial charge in [0.05, 0.1) is 33.6 Å². The Kier molecular flexibility index (Phi) is 9.34. The van der Waals surface area contributed by atoms with Gasteiger partial charge in [-0.05, 0) is 42.8 Å². The number of halogens is 2. The van der Waals surface area contributed by atoms with Gasteiger partial charge in [-0.25, -0.2) is 9.59 Å². The van der Waals surface area contributed by atoms with Gasteiger partial charge in [0.25, 0.3) is 0 Å². The number of phenolic OH excluding ortho intramolecular Hbond substituents is 1. The number of hydrogen-bond donors (Lipinski definition) is 4. The summed E-state index contributed by atoms with van der Waals surface area (Å²) in [5.74, 6) is -1.76. The Morgan fingerprint density at radius 3 is 2.22 bits per heavy atom. The molecule has 4 N–H and O–H groups in total. The average molecular weight is 478 g/mol. The van der Waals surface area contributed by atoms with Crippen molar-refractivity contribution < 1.29 is 29.6 Å². The lowest BCUT2D eigenvalue weighted by Crippen LogP contribution is -2.08. The van der Waals surface area contributed by atoms with E-state index in [-0.39, 0.29) is 30.1 Å². The molecule has 0 radical (unpaired) electrons. The molecule has 0 amide bonds. The van der Waals surface area contributed by atoms with Crippen molar-refractivity contribution in [2.45, 2.75) is 6.92 Å². The summed E-state index contributed by atoms with van der Waals surface area (Å²) in [6, 6.07) is 16.2. The predicted octanol–water partition coefficient (Wildman–Crippen LogP) is 5.28. The molecule has 0 saturated heterocycles. The Morgan fingerprint density at radius 2 is 1.59 bits per heavy atom. The number of aromatic hydroxyl groups is 1. The fourth-order valence-electron chi connectivity index (χ4n) is 2.55. The highest BCUT2D eigenvalue weighted by Gasteiger charge is 2.13. The number of carboxylic acid groups (broad SMARTS) is 1. The molecule has 3 aromatic rings. The number of carbonyl (C=O) groups is 2. The summed E-state index contributed by atoms with van der Waals surface area (Å²) in [6.07, 6.45) is 0. The number of phenols is 1. The van der Waals surface area contributed by atoms with Gasteiger partial charge >= 0.3 is 11.9 Å². The van der Waals surface area contributed by atoms with E-state index in [1.165, 1.54) is 18.2 Å². The van der Waals surface area contributed by atoms with Gasteiger partial charge in [0.1, 0.15) is 17.9 Å². The number of ether oxygens (including phenoxy) is 1. The molecule has 0 unspecified atom stereocenters. The summed E-state index contributed by atoms with van der Waals surface area (Å²) < 4.78 is 4.61. The SMILES string of the molecule is Cc1ccc(Cl)c(Nc2ccccc2C(=O)O)c1Cl.O=C(OCCO)c1ccccc1O. The van der Waals surface area contributed by atoms with Gasteiger partial charge in [0.2, 0.25) is 0 Å². The largest absolute Gasteiger partial charge is 0.507 e. The van der Waals surface area contributed by atoms with E-state index in [0.717, 1.165) is 5.56 Å². The number of rotatable bonds is 6. The number of carbonyl (C=O) groups excluding carboxylic acids is 1. The molecule has 0 aliphatic rings. The maximum Gasteiger partial charge on any atom is 0.341 e. The van der Waals surface area contributed by atoms with Crippen LogP contribution in [0.5, 0.6) is 5.75 Å². The minimum Gasteiger partial charge on any atom is -0.507 e. The van der Waals surface area contributed by atoms with Crippen LogP contribution in [0.4, 0.5) is 11.4 Å². The van der Waals surface area contributed by atoms with Crippen LogP contribution in [0.3, 0.4) is 0 Å². The van der Waals surface area contributed by atoms with E-state index in [9.17, 15) is 14.7 Å². The number of aliphatic hydroxyl groups excluding tert-OH is 1. The monoisotopic (exact) mass is 477 g/mol. The maximum atomic E-state index is 11.1. The number of benzene rings is 3. The molecule has 3 rings (SSSR count). The first kappa shape index (κ1) is 25.0. The van der Waals surface area contributed by atoms with E-state index in [2.05, 4.69) is 10.1 Å². The Labute approximate surface area is 194 Å². The molecule has 168 valence electrons. The molecule has 0 heterocycles. The Hall–Kier alpha value is -3.26. The molecule has 3 aromatic carbocycles. The maximum absolute atomic E-state index is 11.1. The highest BCUT2D eigenvalue weighted by atomic mass is 35.5. The van der Waals surface area contributed by atoms with E-state index in [1.807, 2.05) is 6.92 Å². The Balaban J connectivity index is 0.000000244. The zero-order valence-corrected chi connectivity index (χ0v) is 18.5. The van der Waals surface area contributed by atoms with Gasteiger partial charge in [0.15, 0.2) is 0 Å². The van der Waals surface area contributed by atoms with Crippen LogP contribution in [-0.4, -0.2) is 40.5 Å². The molecule has 0 aromatic heterocycles. The number of nitrogens with one attached hydrogen (secondary N) is 1. The van der Waals surface area contributed by atoms with E-state index >= 15 is 0 Å². The number of aromatic carboxylic acids is 1. The van der Waals surface area contributed by atoms with Crippen LogP contribution in [0, 0.1) is 6.92 Å². The molecular formula is C23H21Cl2NO6. The summed E-state index contributed by atoms with van der Waals surface area (Å²) in [6.45, 7) is 1.57. The molecule has 9 heteroatoms. The third kappa shape index (κ3) is 6.62. The van der Waals surface area contributed by atoms with Crippen LogP contribution in [0.15, 0.2) is 60.7 Å². The molecule has 0 fully saturated rings. The average Bonchev–Trinajstić information content (AvgIpc) is 2.78. The normalized spacial score (nSPS) is 10.0. The molecule has 0 bridgehead atoms. The molecule has 0 atom stereocenters. The molecule has 0 spiro atoms. The van der Waals surface area contributed by atoms with E-state index < -0.39 is 11.9 Å². The first-order valence-electron chi connectivity index (χ1n) is 9.36. The quantitative estimate of drug-likeness (QED) is 0.356. The van der Waals surface area contributed by atoms with Crippen molar-refractivity contribution in [2.75, 3.05) is 18.5 Å². The van der Waals surface area contributed by atoms with Crippen molar-refractivity contribution in [3.8, 4) is 5.75 Å². The Bertz CT molecular complexity index is 1100. The van der Waals surface area contributed by atoms with Crippen molar-refractivity contribution in [2.24, 2.45) is 0 Å². The number of hydrogen-bond acceptors (Lipinski definition) is 6. The summed E-state index contributed by atoms with van der Waals surface area (Å²) in [5.41, 5.74) is 2.09. The van der Waals surface area contributed by atoms with Gasteiger partial charge in [-0.2, -0.15) is 0 Å². The first-order valence-corrected chi connectivity index (χ1v) is 10.1. The fourth-order valence-corrected chi connectivity index (χ4v) is 3.01. The van der Waals surface area contributed by atoms with Crippen LogP contribution >= 0.6 is 23.2 Å². The summed E-state index contributed by atoms with van der Waals surface area (Å²) in [4.78, 5) is 22.3. The van der Waals surface area contributed by atoms with E-state index in [1.54, 1.807) is 42.5 Å². The minimum atomic E-state index is -1.01. The summed E-state index contributed by atoms with van der Waals surface area (Å²) >= 11 is 12.3. The number of carboxylic acids is 1. The smallest absolute Gasteiger partial charge is 0.341 e. The number of aryl methyl sites for hydroxylation is 1.